The predicted molar refractivity (Wildman–Crippen MR) is 77.2 cm³/mol. The van der Waals surface area contributed by atoms with Crippen molar-refractivity contribution in [3.8, 4) is 0 Å². The summed E-state index contributed by atoms with van der Waals surface area (Å²) in [5.41, 5.74) is 9.89. The summed E-state index contributed by atoms with van der Waals surface area (Å²) in [6.07, 6.45) is 0.944. The lowest BCUT2D eigenvalue weighted by Crippen LogP contribution is -2.33. The Morgan fingerprint density at radius 2 is 2.11 bits per heavy atom. The highest BCUT2D eigenvalue weighted by Gasteiger charge is 2.24. The number of nitrogens with zero attached hydrogens (tertiary/aromatic N) is 2. The fourth-order valence-corrected chi connectivity index (χ4v) is 3.10. The van der Waals surface area contributed by atoms with Crippen LogP contribution in [0.4, 0.5) is 0 Å². The zero-order chi connectivity index (χ0) is 13.3. The third-order valence-corrected chi connectivity index (χ3v) is 4.60. The summed E-state index contributed by atoms with van der Waals surface area (Å²) in [6, 6.07) is 4.48. The molecule has 0 aliphatic heterocycles. The van der Waals surface area contributed by atoms with E-state index >= 15 is 0 Å². The topological polar surface area (TPSA) is 43.8 Å². The minimum absolute atomic E-state index is 0.0982. The van der Waals surface area contributed by atoms with Crippen LogP contribution in [0, 0.1) is 20.8 Å². The molecule has 0 saturated heterocycles. The molecule has 0 aromatic carbocycles. The van der Waals surface area contributed by atoms with Gasteiger partial charge in [0.05, 0.1) is 5.69 Å². The van der Waals surface area contributed by atoms with Gasteiger partial charge in [-0.05, 0) is 44.2 Å². The van der Waals surface area contributed by atoms with E-state index in [1.807, 2.05) is 0 Å². The molecule has 2 aromatic heterocycles. The smallest absolute Gasteiger partial charge is 0.101 e. The van der Waals surface area contributed by atoms with E-state index in [-0.39, 0.29) is 12.1 Å². The number of aromatic nitrogens is 2. The van der Waals surface area contributed by atoms with Crippen molar-refractivity contribution in [2.24, 2.45) is 5.73 Å². The molecule has 0 spiro atoms. The molecule has 98 valence electrons. The molecule has 2 rings (SSSR count). The van der Waals surface area contributed by atoms with Crippen LogP contribution in [-0.4, -0.2) is 15.8 Å². The zero-order valence-corrected chi connectivity index (χ0v) is 12.3. The second-order valence-corrected chi connectivity index (χ2v) is 5.75. The molecule has 0 aliphatic rings. The number of nitrogens with two attached hydrogens (primary N) is 1. The molecule has 2 atom stereocenters. The lowest BCUT2D eigenvalue weighted by atomic mass is 10.0. The third-order valence-electron chi connectivity index (χ3n) is 3.66. The van der Waals surface area contributed by atoms with Crippen LogP contribution in [0.25, 0.3) is 0 Å². The molecular weight excluding hydrogens is 242 g/mol. The minimum Gasteiger partial charge on any atom is -0.326 e. The normalized spacial score (nSPS) is 14.7. The van der Waals surface area contributed by atoms with Crippen LogP contribution in [0.5, 0.6) is 0 Å². The van der Waals surface area contributed by atoms with Gasteiger partial charge in [-0.1, -0.05) is 13.0 Å². The van der Waals surface area contributed by atoms with Gasteiger partial charge < -0.3 is 5.73 Å². The van der Waals surface area contributed by atoms with Gasteiger partial charge >= 0.3 is 0 Å². The molecule has 0 radical (unpaired) electrons. The van der Waals surface area contributed by atoms with Crippen LogP contribution in [0.1, 0.15) is 41.2 Å². The van der Waals surface area contributed by atoms with Gasteiger partial charge in [0.1, 0.15) is 6.04 Å². The van der Waals surface area contributed by atoms with Gasteiger partial charge in [-0.15, -0.1) is 11.3 Å². The third kappa shape index (κ3) is 2.22. The highest BCUT2D eigenvalue weighted by atomic mass is 32.1. The summed E-state index contributed by atoms with van der Waals surface area (Å²) >= 11 is 1.75. The molecule has 4 heteroatoms. The average Bonchev–Trinajstić information content (AvgIpc) is 2.96. The SMILES string of the molecule is CCC(N)C(c1cccs1)n1nc(C)c(C)c1C. The fraction of sp³-hybridized carbons (Fsp3) is 0.500. The predicted octanol–water partition coefficient (Wildman–Crippen LogP) is 3.20. The number of aryl methyl sites for hydroxylation is 1. The minimum atomic E-state index is 0.0982. The first-order valence-electron chi connectivity index (χ1n) is 6.37. The van der Waals surface area contributed by atoms with Crippen molar-refractivity contribution in [1.82, 2.24) is 9.78 Å². The maximum atomic E-state index is 6.31. The Morgan fingerprint density at radius 1 is 1.39 bits per heavy atom. The highest BCUT2D eigenvalue weighted by Crippen LogP contribution is 2.29. The molecule has 0 fully saturated rings. The van der Waals surface area contributed by atoms with E-state index in [9.17, 15) is 0 Å². The lowest BCUT2D eigenvalue weighted by molar-refractivity contribution is 0.421. The summed E-state index contributed by atoms with van der Waals surface area (Å²) in [5.74, 6) is 0. The van der Waals surface area contributed by atoms with Gasteiger partial charge in [-0.2, -0.15) is 5.10 Å². The molecule has 2 N–H and O–H groups in total. The van der Waals surface area contributed by atoms with Crippen LogP contribution in [0.2, 0.25) is 0 Å². The molecule has 2 unspecified atom stereocenters. The standard InChI is InChI=1S/C14H21N3S/c1-5-12(15)14(13-7-6-8-18-13)17-11(4)9(2)10(3)16-17/h6-8,12,14H,5,15H2,1-4H3. The Labute approximate surface area is 113 Å². The van der Waals surface area contributed by atoms with Gasteiger partial charge in [-0.3, -0.25) is 4.68 Å². The van der Waals surface area contributed by atoms with E-state index in [4.69, 9.17) is 5.73 Å². The maximum Gasteiger partial charge on any atom is 0.101 e. The molecule has 2 heterocycles. The van der Waals surface area contributed by atoms with Crippen molar-refractivity contribution in [2.45, 2.75) is 46.2 Å². The highest BCUT2D eigenvalue weighted by molar-refractivity contribution is 7.10. The summed E-state index contributed by atoms with van der Waals surface area (Å²) in [5, 5.41) is 6.78. The molecular formula is C14H21N3S. The Kier molecular flexibility index (Phi) is 3.88. The van der Waals surface area contributed by atoms with Crippen molar-refractivity contribution in [3.63, 3.8) is 0 Å². The summed E-state index contributed by atoms with van der Waals surface area (Å²) in [4.78, 5) is 1.29. The molecule has 0 saturated carbocycles. The first kappa shape index (κ1) is 13.3. The fourth-order valence-electron chi connectivity index (χ4n) is 2.21. The second-order valence-electron chi connectivity index (χ2n) is 4.77. The molecule has 18 heavy (non-hydrogen) atoms. The summed E-state index contributed by atoms with van der Waals surface area (Å²) in [7, 11) is 0. The van der Waals surface area contributed by atoms with Crippen molar-refractivity contribution in [1.29, 1.82) is 0 Å². The van der Waals surface area contributed by atoms with E-state index in [1.165, 1.54) is 16.1 Å². The zero-order valence-electron chi connectivity index (χ0n) is 11.5. The largest absolute Gasteiger partial charge is 0.326 e. The van der Waals surface area contributed by atoms with Crippen LogP contribution in [0.15, 0.2) is 17.5 Å². The Morgan fingerprint density at radius 3 is 2.56 bits per heavy atom. The van der Waals surface area contributed by atoms with Crippen LogP contribution >= 0.6 is 11.3 Å². The summed E-state index contributed by atoms with van der Waals surface area (Å²) in [6.45, 7) is 8.43. The van der Waals surface area contributed by atoms with Crippen molar-refractivity contribution in [3.05, 3.63) is 39.3 Å². The molecule has 3 nitrogen and oxygen atoms in total. The van der Waals surface area contributed by atoms with Gasteiger partial charge in [0.15, 0.2) is 0 Å². The monoisotopic (exact) mass is 263 g/mol. The van der Waals surface area contributed by atoms with Crippen molar-refractivity contribution >= 4 is 11.3 Å². The number of hydrogen-bond acceptors (Lipinski definition) is 3. The van der Waals surface area contributed by atoms with E-state index in [1.54, 1.807) is 11.3 Å². The molecule has 0 aliphatic carbocycles. The second kappa shape index (κ2) is 5.24. The Balaban J connectivity index is 2.50. The first-order valence-corrected chi connectivity index (χ1v) is 7.25. The molecule has 0 amide bonds. The van der Waals surface area contributed by atoms with Crippen molar-refractivity contribution < 1.29 is 0 Å². The van der Waals surface area contributed by atoms with E-state index < -0.39 is 0 Å². The van der Waals surface area contributed by atoms with Gasteiger partial charge in [0.25, 0.3) is 0 Å². The molecule has 2 aromatic rings. The first-order chi connectivity index (χ1) is 8.56. The van der Waals surface area contributed by atoms with Crippen LogP contribution < -0.4 is 5.73 Å². The Hall–Kier alpha value is -1.13. The van der Waals surface area contributed by atoms with Crippen LogP contribution in [0.3, 0.4) is 0 Å². The van der Waals surface area contributed by atoms with Gasteiger partial charge in [0, 0.05) is 16.6 Å². The van der Waals surface area contributed by atoms with Crippen LogP contribution in [-0.2, 0) is 0 Å². The van der Waals surface area contributed by atoms with Crippen molar-refractivity contribution in [2.75, 3.05) is 0 Å². The van der Waals surface area contributed by atoms with E-state index in [0.29, 0.717) is 0 Å². The quantitative estimate of drug-likeness (QED) is 0.920. The number of thiophene rings is 1. The van der Waals surface area contributed by atoms with E-state index in [2.05, 4.69) is 55.0 Å². The summed E-state index contributed by atoms with van der Waals surface area (Å²) < 4.78 is 2.10. The van der Waals surface area contributed by atoms with E-state index in [0.717, 1.165) is 12.1 Å². The number of rotatable bonds is 4. The number of hydrogen-bond donors (Lipinski definition) is 1. The maximum absolute atomic E-state index is 6.31. The Bertz CT molecular complexity index is 513. The molecule has 0 bridgehead atoms. The van der Waals surface area contributed by atoms with Gasteiger partial charge in [-0.25, -0.2) is 0 Å². The lowest BCUT2D eigenvalue weighted by Gasteiger charge is -2.24. The van der Waals surface area contributed by atoms with Gasteiger partial charge in [0.2, 0.25) is 0 Å². The average molecular weight is 263 g/mol.